The van der Waals surface area contributed by atoms with Crippen LogP contribution in [0.4, 0.5) is 0 Å². The molecule has 1 aromatic carbocycles. The number of guanidine groups is 1. The molecule has 0 fully saturated rings. The van der Waals surface area contributed by atoms with Gasteiger partial charge in [0, 0.05) is 39.2 Å². The summed E-state index contributed by atoms with van der Waals surface area (Å²) in [7, 11) is 0. The maximum Gasteiger partial charge on any atom is 0.224 e. The van der Waals surface area contributed by atoms with Gasteiger partial charge < -0.3 is 20.3 Å². The van der Waals surface area contributed by atoms with Gasteiger partial charge in [0.2, 0.25) is 5.91 Å². The van der Waals surface area contributed by atoms with E-state index in [1.54, 1.807) is 0 Å². The molecule has 0 bridgehead atoms. The molecule has 154 valence electrons. The normalized spacial score (nSPS) is 10.9. The number of ether oxygens (including phenoxy) is 1. The van der Waals surface area contributed by atoms with E-state index in [4.69, 9.17) is 4.74 Å². The zero-order chi connectivity index (χ0) is 19.2. The predicted molar refractivity (Wildman–Crippen MR) is 123 cm³/mol. The summed E-state index contributed by atoms with van der Waals surface area (Å²) in [4.78, 5) is 18.5. The van der Waals surface area contributed by atoms with Gasteiger partial charge in [-0.25, -0.2) is 4.99 Å². The van der Waals surface area contributed by atoms with Gasteiger partial charge in [-0.1, -0.05) is 24.3 Å². The summed E-state index contributed by atoms with van der Waals surface area (Å²) in [6.07, 6.45) is 0.470. The van der Waals surface area contributed by atoms with Crippen LogP contribution in [0.15, 0.2) is 29.3 Å². The molecule has 2 N–H and O–H groups in total. The first kappa shape index (κ1) is 25.6. The molecule has 7 heteroatoms. The second-order valence-electron chi connectivity index (χ2n) is 5.89. The first-order valence-electron chi connectivity index (χ1n) is 9.59. The Balaban J connectivity index is 0.00000676. The molecule has 0 aliphatic rings. The number of nitrogens with zero attached hydrogens (tertiary/aromatic N) is 2. The summed E-state index contributed by atoms with van der Waals surface area (Å²) < 4.78 is 5.41. The number of carbonyl (C=O) groups is 1. The number of aliphatic imine (C=N–C) groups is 1. The third-order valence-electron chi connectivity index (χ3n) is 4.01. The van der Waals surface area contributed by atoms with E-state index in [-0.39, 0.29) is 29.9 Å². The van der Waals surface area contributed by atoms with E-state index in [1.165, 1.54) is 5.56 Å². The molecule has 0 unspecified atom stereocenters. The summed E-state index contributed by atoms with van der Waals surface area (Å²) in [6, 6.07) is 8.30. The fourth-order valence-corrected chi connectivity index (χ4v) is 2.50. The van der Waals surface area contributed by atoms with Gasteiger partial charge in [0.1, 0.15) is 0 Å². The van der Waals surface area contributed by atoms with E-state index in [0.717, 1.165) is 37.8 Å². The first-order chi connectivity index (χ1) is 12.6. The van der Waals surface area contributed by atoms with Crippen molar-refractivity contribution in [3.8, 4) is 0 Å². The number of hydrogen-bond donors (Lipinski definition) is 2. The molecule has 0 saturated heterocycles. The molecule has 0 atom stereocenters. The molecule has 6 nitrogen and oxygen atoms in total. The van der Waals surface area contributed by atoms with E-state index in [0.29, 0.717) is 26.1 Å². The molecular formula is C20H35IN4O2. The number of benzene rings is 1. The van der Waals surface area contributed by atoms with Crippen molar-refractivity contribution in [2.24, 2.45) is 4.99 Å². The van der Waals surface area contributed by atoms with Crippen molar-refractivity contribution in [3.63, 3.8) is 0 Å². The lowest BCUT2D eigenvalue weighted by molar-refractivity contribution is -0.130. The minimum absolute atomic E-state index is 0. The molecule has 0 aliphatic heterocycles. The van der Waals surface area contributed by atoms with Gasteiger partial charge in [-0.2, -0.15) is 0 Å². The Bertz CT molecular complexity index is 545. The van der Waals surface area contributed by atoms with Gasteiger partial charge in [0.15, 0.2) is 5.96 Å². The maximum atomic E-state index is 12.0. The second-order valence-corrected chi connectivity index (χ2v) is 5.89. The van der Waals surface area contributed by atoms with Gasteiger partial charge >= 0.3 is 0 Å². The number of hydrogen-bond acceptors (Lipinski definition) is 3. The van der Waals surface area contributed by atoms with Crippen LogP contribution >= 0.6 is 24.0 Å². The highest BCUT2D eigenvalue weighted by atomic mass is 127. The number of rotatable bonds is 11. The van der Waals surface area contributed by atoms with E-state index in [1.807, 2.05) is 32.6 Å². The van der Waals surface area contributed by atoms with Crippen LogP contribution in [-0.2, 0) is 22.7 Å². The van der Waals surface area contributed by atoms with Gasteiger partial charge in [0.25, 0.3) is 0 Å². The van der Waals surface area contributed by atoms with Gasteiger partial charge in [-0.3, -0.25) is 4.79 Å². The smallest absolute Gasteiger partial charge is 0.224 e. The van der Waals surface area contributed by atoms with Crippen LogP contribution < -0.4 is 10.6 Å². The lowest BCUT2D eigenvalue weighted by Crippen LogP contribution is -2.40. The summed E-state index contributed by atoms with van der Waals surface area (Å²) in [5.41, 5.74) is 2.31. The van der Waals surface area contributed by atoms with Crippen molar-refractivity contribution >= 4 is 35.8 Å². The molecule has 0 radical (unpaired) electrons. The lowest BCUT2D eigenvalue weighted by Gasteiger charge is -2.19. The Labute approximate surface area is 181 Å². The SMILES string of the molecule is CCNC(=NCc1ccc(COCC)cc1)NCCC(=O)N(CC)CC.I. The highest BCUT2D eigenvalue weighted by Crippen LogP contribution is 2.07. The third-order valence-corrected chi connectivity index (χ3v) is 4.01. The molecule has 0 aliphatic carbocycles. The van der Waals surface area contributed by atoms with Crippen LogP contribution in [0.3, 0.4) is 0 Å². The Hall–Kier alpha value is -1.35. The average molecular weight is 490 g/mol. The van der Waals surface area contributed by atoms with Crippen LogP contribution in [-0.4, -0.2) is 49.6 Å². The number of amides is 1. The van der Waals surface area contributed by atoms with Crippen molar-refractivity contribution in [1.29, 1.82) is 0 Å². The second kappa shape index (κ2) is 15.7. The number of carbonyl (C=O) groups excluding carboxylic acids is 1. The van der Waals surface area contributed by atoms with Crippen LogP contribution in [0.2, 0.25) is 0 Å². The molecular weight excluding hydrogens is 455 g/mol. The van der Waals surface area contributed by atoms with Crippen molar-refractivity contribution in [3.05, 3.63) is 35.4 Å². The molecule has 1 rings (SSSR count). The molecule has 0 heterocycles. The van der Waals surface area contributed by atoms with E-state index >= 15 is 0 Å². The quantitative estimate of drug-likeness (QED) is 0.284. The van der Waals surface area contributed by atoms with Gasteiger partial charge in [-0.15, -0.1) is 24.0 Å². The van der Waals surface area contributed by atoms with Crippen LogP contribution in [0, 0.1) is 0 Å². The third kappa shape index (κ3) is 10.5. The van der Waals surface area contributed by atoms with Crippen LogP contribution in [0.5, 0.6) is 0 Å². The average Bonchev–Trinajstić information content (AvgIpc) is 2.66. The zero-order valence-corrected chi connectivity index (χ0v) is 19.4. The highest BCUT2D eigenvalue weighted by Gasteiger charge is 2.09. The first-order valence-corrected chi connectivity index (χ1v) is 9.59. The van der Waals surface area contributed by atoms with Crippen molar-refractivity contribution in [2.75, 3.05) is 32.8 Å². The van der Waals surface area contributed by atoms with E-state index in [2.05, 4.69) is 39.9 Å². The summed E-state index contributed by atoms with van der Waals surface area (Å²) in [5.74, 6) is 0.904. The number of nitrogens with one attached hydrogen (secondary N) is 2. The lowest BCUT2D eigenvalue weighted by atomic mass is 10.1. The minimum atomic E-state index is 0. The van der Waals surface area contributed by atoms with Gasteiger partial charge in [0.05, 0.1) is 13.2 Å². The van der Waals surface area contributed by atoms with Crippen LogP contribution in [0.1, 0.15) is 45.2 Å². The Kier molecular flexibility index (Phi) is 14.9. The summed E-state index contributed by atoms with van der Waals surface area (Å²) >= 11 is 0. The molecule has 27 heavy (non-hydrogen) atoms. The van der Waals surface area contributed by atoms with E-state index in [9.17, 15) is 4.79 Å². The fourth-order valence-electron chi connectivity index (χ4n) is 2.50. The summed E-state index contributed by atoms with van der Waals surface area (Å²) in [6.45, 7) is 12.8. The molecule has 0 aromatic heterocycles. The Morgan fingerprint density at radius 1 is 1.04 bits per heavy atom. The highest BCUT2D eigenvalue weighted by molar-refractivity contribution is 14.0. The topological polar surface area (TPSA) is 66.0 Å². The fraction of sp³-hybridized carbons (Fsp3) is 0.600. The van der Waals surface area contributed by atoms with Crippen LogP contribution in [0.25, 0.3) is 0 Å². The molecule has 0 spiro atoms. The Morgan fingerprint density at radius 2 is 1.67 bits per heavy atom. The monoisotopic (exact) mass is 490 g/mol. The predicted octanol–water partition coefficient (Wildman–Crippen LogP) is 3.15. The maximum absolute atomic E-state index is 12.0. The molecule has 1 amide bonds. The minimum Gasteiger partial charge on any atom is -0.377 e. The Morgan fingerprint density at radius 3 is 2.22 bits per heavy atom. The van der Waals surface area contributed by atoms with Crippen molar-refractivity contribution in [1.82, 2.24) is 15.5 Å². The standard InChI is InChI=1S/C20H34N4O2.HI/c1-5-21-20(22-14-13-19(25)24(6-2)7-3)23-15-17-9-11-18(12-10-17)16-26-8-4;/h9-12H,5-8,13-16H2,1-4H3,(H2,21,22,23);1H. The molecule has 1 aromatic rings. The number of halogens is 1. The van der Waals surface area contributed by atoms with Crippen molar-refractivity contribution in [2.45, 2.75) is 47.3 Å². The zero-order valence-electron chi connectivity index (χ0n) is 17.1. The van der Waals surface area contributed by atoms with Gasteiger partial charge in [-0.05, 0) is 38.8 Å². The summed E-state index contributed by atoms with van der Waals surface area (Å²) in [5, 5.41) is 6.45. The molecule has 0 saturated carbocycles. The van der Waals surface area contributed by atoms with Crippen molar-refractivity contribution < 1.29 is 9.53 Å². The largest absolute Gasteiger partial charge is 0.377 e. The van der Waals surface area contributed by atoms with E-state index < -0.39 is 0 Å².